The van der Waals surface area contributed by atoms with Gasteiger partial charge in [-0.2, -0.15) is 0 Å². The normalized spacial score (nSPS) is 12.4. The molecule has 0 heterocycles. The highest BCUT2D eigenvalue weighted by atomic mass is 35.5. The van der Waals surface area contributed by atoms with Crippen molar-refractivity contribution in [2.45, 2.75) is 19.5 Å². The van der Waals surface area contributed by atoms with E-state index in [1.807, 2.05) is 43.3 Å². The second-order valence-corrected chi connectivity index (χ2v) is 5.19. The smallest absolute Gasteiger partial charge is 0.138 e. The fraction of sp³-hybridized carbons (Fsp3) is 0.200. The first-order valence-electron chi connectivity index (χ1n) is 6.03. The molecule has 1 unspecified atom stereocenters. The molecule has 2 aromatic rings. The maximum Gasteiger partial charge on any atom is 0.138 e. The van der Waals surface area contributed by atoms with Crippen molar-refractivity contribution in [2.75, 3.05) is 0 Å². The number of halogens is 2. The van der Waals surface area contributed by atoms with Crippen LogP contribution in [-0.4, -0.2) is 5.11 Å². The van der Waals surface area contributed by atoms with Crippen molar-refractivity contribution in [3.8, 4) is 5.75 Å². The number of rotatable bonds is 4. The molecule has 0 saturated carbocycles. The van der Waals surface area contributed by atoms with E-state index in [2.05, 4.69) is 5.32 Å². The summed E-state index contributed by atoms with van der Waals surface area (Å²) >= 11 is 12.0. The van der Waals surface area contributed by atoms with Gasteiger partial charge < -0.3 is 10.4 Å². The summed E-state index contributed by atoms with van der Waals surface area (Å²) in [5, 5.41) is 14.3. The third kappa shape index (κ3) is 3.41. The van der Waals surface area contributed by atoms with Crippen molar-refractivity contribution in [3.63, 3.8) is 0 Å². The molecule has 1 atom stereocenters. The standard InChI is InChI=1S/C15H15Cl2NO/c1-10(12-6-2-3-7-13(12)16)18-9-11-5-4-8-14(17)15(11)19/h2-8,10,18-19H,9H2,1H3. The van der Waals surface area contributed by atoms with E-state index in [-0.39, 0.29) is 11.8 Å². The first-order valence-corrected chi connectivity index (χ1v) is 6.79. The van der Waals surface area contributed by atoms with Crippen LogP contribution in [0.5, 0.6) is 5.75 Å². The van der Waals surface area contributed by atoms with Crippen LogP contribution in [0, 0.1) is 0 Å². The molecule has 0 aliphatic heterocycles. The predicted octanol–water partition coefficient (Wildman–Crippen LogP) is 4.55. The molecular formula is C15H15Cl2NO. The zero-order valence-electron chi connectivity index (χ0n) is 10.5. The van der Waals surface area contributed by atoms with E-state index in [0.717, 1.165) is 16.1 Å². The summed E-state index contributed by atoms with van der Waals surface area (Å²) in [6, 6.07) is 13.1. The highest BCUT2D eigenvalue weighted by Crippen LogP contribution is 2.28. The van der Waals surface area contributed by atoms with Gasteiger partial charge in [-0.25, -0.2) is 0 Å². The third-order valence-corrected chi connectivity index (χ3v) is 3.69. The van der Waals surface area contributed by atoms with Crippen molar-refractivity contribution < 1.29 is 5.11 Å². The number of nitrogens with one attached hydrogen (secondary N) is 1. The van der Waals surface area contributed by atoms with Gasteiger partial charge in [0.2, 0.25) is 0 Å². The lowest BCUT2D eigenvalue weighted by Crippen LogP contribution is -2.18. The van der Waals surface area contributed by atoms with Crippen LogP contribution in [0.15, 0.2) is 42.5 Å². The maximum absolute atomic E-state index is 9.84. The molecule has 19 heavy (non-hydrogen) atoms. The van der Waals surface area contributed by atoms with Gasteiger partial charge in [-0.1, -0.05) is 53.5 Å². The van der Waals surface area contributed by atoms with Crippen LogP contribution in [0.3, 0.4) is 0 Å². The molecule has 0 spiro atoms. The SMILES string of the molecule is CC(NCc1cccc(Cl)c1O)c1ccccc1Cl. The Labute approximate surface area is 123 Å². The van der Waals surface area contributed by atoms with Gasteiger partial charge in [0.25, 0.3) is 0 Å². The number of phenolic OH excluding ortho intramolecular Hbond substituents is 1. The lowest BCUT2D eigenvalue weighted by atomic mass is 10.1. The molecule has 0 bridgehead atoms. The number of para-hydroxylation sites is 1. The van der Waals surface area contributed by atoms with Gasteiger partial charge >= 0.3 is 0 Å². The molecule has 2 N–H and O–H groups in total. The van der Waals surface area contributed by atoms with E-state index in [4.69, 9.17) is 23.2 Å². The highest BCUT2D eigenvalue weighted by molar-refractivity contribution is 6.32. The summed E-state index contributed by atoms with van der Waals surface area (Å²) in [6.07, 6.45) is 0. The van der Waals surface area contributed by atoms with Crippen LogP contribution in [-0.2, 0) is 6.54 Å². The molecule has 0 aliphatic rings. The van der Waals surface area contributed by atoms with E-state index >= 15 is 0 Å². The second kappa shape index (κ2) is 6.29. The Morgan fingerprint density at radius 2 is 1.74 bits per heavy atom. The van der Waals surface area contributed by atoms with E-state index in [1.54, 1.807) is 6.07 Å². The largest absolute Gasteiger partial charge is 0.506 e. The topological polar surface area (TPSA) is 32.3 Å². The number of aromatic hydroxyl groups is 1. The van der Waals surface area contributed by atoms with Gasteiger partial charge in [0, 0.05) is 23.2 Å². The van der Waals surface area contributed by atoms with Crippen LogP contribution >= 0.6 is 23.2 Å². The molecule has 2 nitrogen and oxygen atoms in total. The minimum absolute atomic E-state index is 0.0899. The Morgan fingerprint density at radius 1 is 1.05 bits per heavy atom. The molecule has 2 aromatic carbocycles. The summed E-state index contributed by atoms with van der Waals surface area (Å²) in [4.78, 5) is 0. The minimum atomic E-state index is 0.0899. The van der Waals surface area contributed by atoms with Crippen LogP contribution < -0.4 is 5.32 Å². The van der Waals surface area contributed by atoms with E-state index in [1.165, 1.54) is 0 Å². The first-order chi connectivity index (χ1) is 9.09. The lowest BCUT2D eigenvalue weighted by Gasteiger charge is -2.16. The third-order valence-electron chi connectivity index (χ3n) is 3.04. The average Bonchev–Trinajstić information content (AvgIpc) is 2.40. The van der Waals surface area contributed by atoms with Gasteiger partial charge in [0.05, 0.1) is 5.02 Å². The van der Waals surface area contributed by atoms with Gasteiger partial charge in [0.15, 0.2) is 0 Å². The Balaban J connectivity index is 2.07. The molecule has 100 valence electrons. The van der Waals surface area contributed by atoms with Gasteiger partial charge in [0.1, 0.15) is 5.75 Å². The Morgan fingerprint density at radius 3 is 2.47 bits per heavy atom. The number of benzene rings is 2. The molecular weight excluding hydrogens is 281 g/mol. The summed E-state index contributed by atoms with van der Waals surface area (Å²) in [5.41, 5.74) is 1.80. The minimum Gasteiger partial charge on any atom is -0.506 e. The van der Waals surface area contributed by atoms with E-state index in [9.17, 15) is 5.11 Å². The van der Waals surface area contributed by atoms with Crippen molar-refractivity contribution in [1.29, 1.82) is 0 Å². The van der Waals surface area contributed by atoms with Crippen LogP contribution in [0.2, 0.25) is 10.0 Å². The molecule has 0 saturated heterocycles. The molecule has 0 amide bonds. The molecule has 0 aliphatic carbocycles. The zero-order valence-corrected chi connectivity index (χ0v) is 12.0. The van der Waals surface area contributed by atoms with Crippen molar-refractivity contribution in [3.05, 3.63) is 63.6 Å². The van der Waals surface area contributed by atoms with Crippen LogP contribution in [0.1, 0.15) is 24.1 Å². The fourth-order valence-corrected chi connectivity index (χ4v) is 2.40. The molecule has 2 rings (SSSR count). The highest BCUT2D eigenvalue weighted by Gasteiger charge is 2.10. The van der Waals surface area contributed by atoms with Crippen molar-refractivity contribution in [2.24, 2.45) is 0 Å². The average molecular weight is 296 g/mol. The van der Waals surface area contributed by atoms with Crippen molar-refractivity contribution >= 4 is 23.2 Å². The first kappa shape index (κ1) is 14.2. The molecule has 0 fully saturated rings. The van der Waals surface area contributed by atoms with Crippen molar-refractivity contribution in [1.82, 2.24) is 5.32 Å². The molecule has 4 heteroatoms. The zero-order chi connectivity index (χ0) is 13.8. The summed E-state index contributed by atoms with van der Waals surface area (Å²) in [6.45, 7) is 2.56. The second-order valence-electron chi connectivity index (χ2n) is 4.37. The van der Waals surface area contributed by atoms with Crippen LogP contribution in [0.4, 0.5) is 0 Å². The predicted molar refractivity (Wildman–Crippen MR) is 79.8 cm³/mol. The summed E-state index contributed by atoms with van der Waals surface area (Å²) in [7, 11) is 0. The number of hydrogen-bond acceptors (Lipinski definition) is 2. The quantitative estimate of drug-likeness (QED) is 0.867. The van der Waals surface area contributed by atoms with E-state index in [0.29, 0.717) is 11.6 Å². The molecule has 0 radical (unpaired) electrons. The van der Waals surface area contributed by atoms with Gasteiger partial charge in [-0.3, -0.25) is 0 Å². The maximum atomic E-state index is 9.84. The van der Waals surface area contributed by atoms with Gasteiger partial charge in [-0.15, -0.1) is 0 Å². The number of hydrogen-bond donors (Lipinski definition) is 2. The number of phenols is 1. The van der Waals surface area contributed by atoms with Gasteiger partial charge in [-0.05, 0) is 24.6 Å². The Hall–Kier alpha value is -1.22. The summed E-state index contributed by atoms with van der Waals surface area (Å²) < 4.78 is 0. The fourth-order valence-electron chi connectivity index (χ4n) is 1.90. The lowest BCUT2D eigenvalue weighted by molar-refractivity contribution is 0.460. The van der Waals surface area contributed by atoms with Crippen LogP contribution in [0.25, 0.3) is 0 Å². The Bertz CT molecular complexity index is 572. The summed E-state index contributed by atoms with van der Waals surface area (Å²) in [5.74, 6) is 0.128. The monoisotopic (exact) mass is 295 g/mol. The molecule has 0 aromatic heterocycles. The Kier molecular flexibility index (Phi) is 4.70. The van der Waals surface area contributed by atoms with E-state index < -0.39 is 0 Å².